The zero-order valence-electron chi connectivity index (χ0n) is 50.7. The molecule has 11 nitrogen and oxygen atoms in total. The van der Waals surface area contributed by atoms with E-state index in [1.807, 2.05) is 30.3 Å². The van der Waals surface area contributed by atoms with Crippen LogP contribution in [-0.2, 0) is 48.1 Å². The second kappa shape index (κ2) is 20.6. The third-order valence-electron chi connectivity index (χ3n) is 15.4. The van der Waals surface area contributed by atoms with Gasteiger partial charge in [-0.25, -0.2) is 19.9 Å². The maximum absolute atomic E-state index is 12.8. The van der Waals surface area contributed by atoms with Gasteiger partial charge in [0.15, 0.2) is 5.82 Å². The smallest absolute Gasteiger partial charge is 0.297 e. The minimum absolute atomic E-state index is 0. The fourth-order valence-electron chi connectivity index (χ4n) is 10.7. The molecule has 4 aromatic heterocycles. The standard InChI is InChI=1S/C70H72N9O2Si.Pt/c1-66(2,3)44-26-27-56(48(34-44)40-22-19-18-20-23-40)79-57-25-21-24-46(59(57)74-63(79)52-35-45(67(4,5)6)36-53(60(52)80)68(7,8)9)42-30-50-49-32-43(38-71)47(55-39-73-82(16,17)78-55)37-58(49)81-61(50)51(31-42)54-33-41(28-29-72-54)62-75-64(69(10,11)12)77-65(76-62)70(13,14)15;/h18-30,32-37,39,80H,1-17H3;/q-1;. The van der Waals surface area contributed by atoms with Gasteiger partial charge in [-0.3, -0.25) is 14.2 Å². The molecule has 5 heterocycles. The number of nitrogens with zero attached hydrogens (tertiary/aromatic N) is 9. The number of para-hydroxylation sites is 1. The van der Waals surface area contributed by atoms with Crippen LogP contribution < -0.4 is 0 Å². The number of furan rings is 1. The van der Waals surface area contributed by atoms with E-state index in [4.69, 9.17) is 38.7 Å². The van der Waals surface area contributed by atoms with E-state index in [0.717, 1.165) is 60.9 Å². The number of benzene rings is 6. The van der Waals surface area contributed by atoms with Crippen LogP contribution >= 0.6 is 0 Å². The third-order valence-corrected chi connectivity index (χ3v) is 16.9. The first-order valence-electron chi connectivity index (χ1n) is 28.2. The van der Waals surface area contributed by atoms with Crippen LogP contribution in [0.1, 0.15) is 143 Å². The Morgan fingerprint density at radius 2 is 1.29 bits per heavy atom. The van der Waals surface area contributed by atoms with Gasteiger partial charge < -0.3 is 14.2 Å². The number of aromatic nitrogens is 6. The Balaban J connectivity index is 0.00000769. The first-order valence-corrected chi connectivity index (χ1v) is 31.1. The third kappa shape index (κ3) is 10.9. The number of hydrogen-bond donors (Lipinski definition) is 1. The SMILES string of the molecule is CC(C)(C)c1ccc(-n2c(-c3cc(C(C)(C)C)cc(C(C)(C)C)c3O)nc3c(-c4[c-]c(-c5cc(-c6nc(C(C)(C)C)nc(C(C)(C)C)n6)ccn5)c5oc6cc(C7=N[Si](C)(C)N=C7)c(C#N)cc6c5c4)cccc32)c(-c2ccccc2)c1.[Pt]. The summed E-state index contributed by atoms with van der Waals surface area (Å²) in [4.78, 5) is 25.9. The number of phenols is 1. The van der Waals surface area contributed by atoms with Crippen LogP contribution in [0.15, 0.2) is 129 Å². The molecular formula is C70H72N9O2PtSi-. The molecule has 0 aliphatic carbocycles. The fraction of sp³-hybridized carbons (Fsp3) is 0.314. The van der Waals surface area contributed by atoms with E-state index in [9.17, 15) is 10.4 Å². The van der Waals surface area contributed by atoms with Crippen LogP contribution in [0.4, 0.5) is 0 Å². The molecule has 10 aromatic rings. The monoisotopic (exact) mass is 1290 g/mol. The molecule has 0 saturated heterocycles. The second-order valence-corrected chi connectivity index (χ2v) is 31.1. The van der Waals surface area contributed by atoms with Crippen molar-refractivity contribution in [2.24, 2.45) is 9.32 Å². The normalized spacial score (nSPS) is 13.9. The largest absolute Gasteiger partial charge is 0.507 e. The van der Waals surface area contributed by atoms with Gasteiger partial charge in [-0.2, -0.15) is 5.26 Å². The fourth-order valence-corrected chi connectivity index (χ4v) is 11.9. The molecule has 1 aliphatic heterocycles. The molecule has 424 valence electrons. The van der Waals surface area contributed by atoms with Gasteiger partial charge in [0.1, 0.15) is 28.8 Å². The van der Waals surface area contributed by atoms with Crippen LogP contribution in [0.3, 0.4) is 0 Å². The number of nitriles is 1. The summed E-state index contributed by atoms with van der Waals surface area (Å²) in [6.45, 7) is 36.6. The molecule has 0 saturated carbocycles. The van der Waals surface area contributed by atoms with Crippen molar-refractivity contribution in [3.05, 3.63) is 161 Å². The molecule has 6 aromatic carbocycles. The molecule has 83 heavy (non-hydrogen) atoms. The molecule has 13 heteroatoms. The first-order chi connectivity index (χ1) is 38.4. The minimum atomic E-state index is -2.24. The Hall–Kier alpha value is -7.71. The van der Waals surface area contributed by atoms with Crippen LogP contribution in [-0.4, -0.2) is 54.9 Å². The van der Waals surface area contributed by atoms with Crippen molar-refractivity contribution in [1.29, 1.82) is 5.26 Å². The summed E-state index contributed by atoms with van der Waals surface area (Å²) >= 11 is 0. The summed E-state index contributed by atoms with van der Waals surface area (Å²) in [5.74, 6) is 2.72. The molecule has 0 radical (unpaired) electrons. The average molecular weight is 1290 g/mol. The maximum atomic E-state index is 12.8. The number of hydrogen-bond acceptors (Lipinski definition) is 10. The van der Waals surface area contributed by atoms with Gasteiger partial charge in [-0.1, -0.05) is 176 Å². The van der Waals surface area contributed by atoms with Crippen molar-refractivity contribution in [2.45, 2.75) is 144 Å². The van der Waals surface area contributed by atoms with Crippen LogP contribution in [0.2, 0.25) is 13.1 Å². The van der Waals surface area contributed by atoms with E-state index in [0.29, 0.717) is 73.6 Å². The number of fused-ring (bicyclic) bond motifs is 4. The van der Waals surface area contributed by atoms with Gasteiger partial charge in [-0.05, 0) is 93.9 Å². The van der Waals surface area contributed by atoms with Gasteiger partial charge in [0.2, 0.25) is 0 Å². The Morgan fingerprint density at radius 3 is 1.90 bits per heavy atom. The van der Waals surface area contributed by atoms with Crippen molar-refractivity contribution >= 4 is 53.3 Å². The van der Waals surface area contributed by atoms with Gasteiger partial charge in [0, 0.05) is 77.6 Å². The summed E-state index contributed by atoms with van der Waals surface area (Å²) in [7, 11) is -2.24. The van der Waals surface area contributed by atoms with E-state index in [-0.39, 0.29) is 48.5 Å². The average Bonchev–Trinajstić information content (AvgIpc) is 2.24. The van der Waals surface area contributed by atoms with Crippen LogP contribution in [0.5, 0.6) is 5.75 Å². The maximum Gasteiger partial charge on any atom is 0.297 e. The van der Waals surface area contributed by atoms with E-state index in [2.05, 4.69) is 213 Å². The Kier molecular flexibility index (Phi) is 14.5. The zero-order chi connectivity index (χ0) is 58.8. The Labute approximate surface area is 503 Å². The molecular weight excluding hydrogens is 1220 g/mol. The van der Waals surface area contributed by atoms with Crippen molar-refractivity contribution in [1.82, 2.24) is 29.5 Å². The van der Waals surface area contributed by atoms with Crippen LogP contribution in [0.25, 0.3) is 94.9 Å². The number of rotatable bonds is 7. The molecule has 0 spiro atoms. The van der Waals surface area contributed by atoms with Crippen molar-refractivity contribution < 1.29 is 30.6 Å². The summed E-state index contributed by atoms with van der Waals surface area (Å²) in [5.41, 5.74) is 13.2. The molecule has 0 unspecified atom stereocenters. The summed E-state index contributed by atoms with van der Waals surface area (Å²) in [5, 5.41) is 25.1. The first kappa shape index (κ1) is 58.5. The number of imidazole rings is 1. The summed E-state index contributed by atoms with van der Waals surface area (Å²) in [6.07, 6.45) is 3.57. The topological polar surface area (TPSA) is 151 Å². The van der Waals surface area contributed by atoms with Crippen molar-refractivity contribution in [2.75, 3.05) is 0 Å². The summed E-state index contributed by atoms with van der Waals surface area (Å²) < 4.78 is 19.0. The van der Waals surface area contributed by atoms with Crippen molar-refractivity contribution in [3.63, 3.8) is 0 Å². The molecule has 0 bridgehead atoms. The number of aromatic hydroxyl groups is 1. The quantitative estimate of drug-likeness (QED) is 0.122. The Bertz CT molecular complexity index is 4320. The van der Waals surface area contributed by atoms with E-state index in [1.165, 1.54) is 5.56 Å². The second-order valence-electron chi connectivity index (χ2n) is 27.6. The molecule has 11 rings (SSSR count). The number of phenolic OH excluding ortho intramolecular Hbond substituents is 1. The van der Waals surface area contributed by atoms with Crippen molar-refractivity contribution in [3.8, 4) is 73.8 Å². The molecule has 0 amide bonds. The Morgan fingerprint density at radius 1 is 0.614 bits per heavy atom. The zero-order valence-corrected chi connectivity index (χ0v) is 54.0. The molecule has 1 N–H and O–H groups in total. The molecule has 0 fully saturated rings. The molecule has 0 atom stereocenters. The van der Waals surface area contributed by atoms with E-state index in [1.54, 1.807) is 12.4 Å². The van der Waals surface area contributed by atoms with Gasteiger partial charge >= 0.3 is 0 Å². The molecule has 1 aliphatic rings. The van der Waals surface area contributed by atoms with Gasteiger partial charge in [0.25, 0.3) is 8.40 Å². The minimum Gasteiger partial charge on any atom is -0.507 e. The van der Waals surface area contributed by atoms with E-state index >= 15 is 0 Å². The van der Waals surface area contributed by atoms with Gasteiger partial charge in [-0.15, -0.1) is 17.7 Å². The van der Waals surface area contributed by atoms with E-state index < -0.39 is 13.8 Å². The predicted octanol–water partition coefficient (Wildman–Crippen LogP) is 17.3. The number of pyridine rings is 1. The van der Waals surface area contributed by atoms with Crippen LogP contribution in [0, 0.1) is 17.4 Å². The predicted molar refractivity (Wildman–Crippen MR) is 338 cm³/mol. The summed E-state index contributed by atoms with van der Waals surface area (Å²) in [6, 6.07) is 43.9. The van der Waals surface area contributed by atoms with Gasteiger partial charge in [0.05, 0.1) is 45.2 Å².